The van der Waals surface area contributed by atoms with E-state index in [-0.39, 0.29) is 12.3 Å². The minimum absolute atomic E-state index is 0.140. The van der Waals surface area contributed by atoms with Gasteiger partial charge in [0, 0.05) is 19.5 Å². The summed E-state index contributed by atoms with van der Waals surface area (Å²) >= 11 is 0. The monoisotopic (exact) mass is 291 g/mol. The van der Waals surface area contributed by atoms with Crippen LogP contribution in [0.4, 0.5) is 0 Å². The van der Waals surface area contributed by atoms with Gasteiger partial charge in [-0.15, -0.1) is 0 Å². The Labute approximate surface area is 126 Å². The molecule has 0 saturated carbocycles. The molecule has 116 valence electrons. The van der Waals surface area contributed by atoms with Gasteiger partial charge in [-0.25, -0.2) is 0 Å². The topological polar surface area (TPSA) is 89.4 Å². The van der Waals surface area contributed by atoms with Gasteiger partial charge in [0.25, 0.3) is 0 Å². The van der Waals surface area contributed by atoms with Crippen molar-refractivity contribution in [2.45, 2.75) is 45.2 Å². The van der Waals surface area contributed by atoms with Crippen molar-refractivity contribution >= 4 is 11.8 Å². The van der Waals surface area contributed by atoms with Crippen molar-refractivity contribution in [3.05, 3.63) is 35.9 Å². The van der Waals surface area contributed by atoms with Crippen molar-refractivity contribution in [2.75, 3.05) is 6.54 Å². The first-order valence-electron chi connectivity index (χ1n) is 7.27. The average molecular weight is 291 g/mol. The van der Waals surface area contributed by atoms with E-state index in [1.54, 1.807) is 11.8 Å². The summed E-state index contributed by atoms with van der Waals surface area (Å²) in [6.45, 7) is 4.45. The second kappa shape index (κ2) is 7.78. The minimum Gasteiger partial charge on any atom is -0.370 e. The fourth-order valence-corrected chi connectivity index (χ4v) is 2.29. The van der Waals surface area contributed by atoms with E-state index in [1.165, 1.54) is 0 Å². The molecule has 0 aliphatic carbocycles. The maximum atomic E-state index is 12.6. The first-order chi connectivity index (χ1) is 9.86. The van der Waals surface area contributed by atoms with Crippen LogP contribution in [-0.4, -0.2) is 28.8 Å². The quantitative estimate of drug-likeness (QED) is 0.759. The van der Waals surface area contributed by atoms with Gasteiger partial charge in [0.15, 0.2) is 0 Å². The number of nitrogens with two attached hydrogens (primary N) is 2. The Morgan fingerprint density at radius 2 is 1.86 bits per heavy atom. The van der Waals surface area contributed by atoms with Crippen molar-refractivity contribution in [1.29, 1.82) is 0 Å². The number of nitrogens with zero attached hydrogens (tertiary/aromatic N) is 1. The Kier molecular flexibility index (Phi) is 6.37. The summed E-state index contributed by atoms with van der Waals surface area (Å²) in [6, 6.07) is 9.64. The van der Waals surface area contributed by atoms with E-state index in [4.69, 9.17) is 11.5 Å². The smallest absolute Gasteiger partial charge is 0.242 e. The van der Waals surface area contributed by atoms with E-state index in [9.17, 15) is 9.59 Å². The highest BCUT2D eigenvalue weighted by atomic mass is 16.2. The van der Waals surface area contributed by atoms with Gasteiger partial charge >= 0.3 is 0 Å². The van der Waals surface area contributed by atoms with Crippen molar-refractivity contribution < 1.29 is 9.59 Å². The summed E-state index contributed by atoms with van der Waals surface area (Å²) < 4.78 is 0. The highest BCUT2D eigenvalue weighted by molar-refractivity contribution is 5.86. The Morgan fingerprint density at radius 3 is 2.38 bits per heavy atom. The van der Waals surface area contributed by atoms with Crippen LogP contribution in [0.1, 0.15) is 38.7 Å². The summed E-state index contributed by atoms with van der Waals surface area (Å²) in [7, 11) is 0. The first-order valence-corrected chi connectivity index (χ1v) is 7.27. The van der Waals surface area contributed by atoms with Crippen LogP contribution in [0.3, 0.4) is 0 Å². The van der Waals surface area contributed by atoms with Gasteiger partial charge in [-0.2, -0.15) is 0 Å². The maximum absolute atomic E-state index is 12.6. The van der Waals surface area contributed by atoms with Crippen molar-refractivity contribution in [2.24, 2.45) is 11.5 Å². The molecule has 0 saturated heterocycles. The van der Waals surface area contributed by atoms with Crippen molar-refractivity contribution in [3.8, 4) is 0 Å². The van der Waals surface area contributed by atoms with Crippen LogP contribution in [0.15, 0.2) is 30.3 Å². The summed E-state index contributed by atoms with van der Waals surface area (Å²) in [6.07, 6.45) is 1.57. The molecular weight excluding hydrogens is 266 g/mol. The first kappa shape index (κ1) is 17.2. The third kappa shape index (κ3) is 5.55. The summed E-state index contributed by atoms with van der Waals surface area (Å²) in [5.41, 5.74) is 11.4. The number of carbonyl (C=O) groups is 2. The van der Waals surface area contributed by atoms with E-state index in [0.29, 0.717) is 19.5 Å². The van der Waals surface area contributed by atoms with Crippen LogP contribution in [0.5, 0.6) is 0 Å². The molecule has 0 fully saturated rings. The number of primary amides is 1. The van der Waals surface area contributed by atoms with Gasteiger partial charge in [-0.1, -0.05) is 43.7 Å². The third-order valence-corrected chi connectivity index (χ3v) is 3.39. The number of hydrogen-bond acceptors (Lipinski definition) is 3. The van der Waals surface area contributed by atoms with Gasteiger partial charge in [-0.3, -0.25) is 9.59 Å². The van der Waals surface area contributed by atoms with Crippen LogP contribution in [0, 0.1) is 0 Å². The van der Waals surface area contributed by atoms with Gasteiger partial charge in [-0.05, 0) is 18.9 Å². The van der Waals surface area contributed by atoms with Crippen LogP contribution in [0.25, 0.3) is 0 Å². The molecule has 21 heavy (non-hydrogen) atoms. The SMILES string of the molecule is CCCC(C)(N)C(=O)N(CCC(N)=O)Cc1ccccc1. The third-order valence-electron chi connectivity index (χ3n) is 3.39. The fourth-order valence-electron chi connectivity index (χ4n) is 2.29. The number of rotatable bonds is 8. The number of amides is 2. The molecule has 1 unspecified atom stereocenters. The normalized spacial score (nSPS) is 13.5. The van der Waals surface area contributed by atoms with Gasteiger partial charge < -0.3 is 16.4 Å². The van der Waals surface area contributed by atoms with Gasteiger partial charge in [0.2, 0.25) is 11.8 Å². The Bertz CT molecular complexity index is 472. The molecule has 1 atom stereocenters. The lowest BCUT2D eigenvalue weighted by molar-refractivity contribution is -0.137. The van der Waals surface area contributed by atoms with Crippen LogP contribution >= 0.6 is 0 Å². The summed E-state index contributed by atoms with van der Waals surface area (Å²) in [5.74, 6) is -0.565. The largest absolute Gasteiger partial charge is 0.370 e. The number of benzene rings is 1. The molecule has 0 radical (unpaired) electrons. The van der Waals surface area contributed by atoms with E-state index in [0.717, 1.165) is 12.0 Å². The fraction of sp³-hybridized carbons (Fsp3) is 0.500. The van der Waals surface area contributed by atoms with Gasteiger partial charge in [0.05, 0.1) is 5.54 Å². The van der Waals surface area contributed by atoms with E-state index < -0.39 is 11.4 Å². The lowest BCUT2D eigenvalue weighted by Crippen LogP contribution is -2.53. The zero-order valence-corrected chi connectivity index (χ0v) is 12.8. The maximum Gasteiger partial charge on any atom is 0.242 e. The average Bonchev–Trinajstić information content (AvgIpc) is 2.43. The molecule has 0 aliphatic heterocycles. The molecule has 0 heterocycles. The van der Waals surface area contributed by atoms with Crippen LogP contribution in [-0.2, 0) is 16.1 Å². The van der Waals surface area contributed by atoms with E-state index in [1.807, 2.05) is 37.3 Å². The van der Waals surface area contributed by atoms with Crippen LogP contribution in [0.2, 0.25) is 0 Å². The van der Waals surface area contributed by atoms with E-state index in [2.05, 4.69) is 0 Å². The molecular formula is C16H25N3O2. The second-order valence-corrected chi connectivity index (χ2v) is 5.60. The lowest BCUT2D eigenvalue weighted by atomic mass is 9.95. The molecule has 0 aliphatic rings. The molecule has 0 spiro atoms. The highest BCUT2D eigenvalue weighted by Crippen LogP contribution is 2.15. The molecule has 2 amide bonds. The number of hydrogen-bond donors (Lipinski definition) is 2. The predicted octanol–water partition coefficient (Wildman–Crippen LogP) is 1.41. The predicted molar refractivity (Wildman–Crippen MR) is 83.2 cm³/mol. The molecule has 4 N–H and O–H groups in total. The molecule has 5 heteroatoms. The molecule has 0 aromatic heterocycles. The second-order valence-electron chi connectivity index (χ2n) is 5.60. The van der Waals surface area contributed by atoms with Crippen molar-refractivity contribution in [3.63, 3.8) is 0 Å². The zero-order valence-electron chi connectivity index (χ0n) is 12.8. The molecule has 0 bridgehead atoms. The summed E-state index contributed by atoms with van der Waals surface area (Å²) in [4.78, 5) is 25.2. The highest BCUT2D eigenvalue weighted by Gasteiger charge is 2.31. The molecule has 1 aromatic rings. The Hall–Kier alpha value is -1.88. The van der Waals surface area contributed by atoms with Gasteiger partial charge in [0.1, 0.15) is 0 Å². The minimum atomic E-state index is -0.915. The summed E-state index contributed by atoms with van der Waals surface area (Å²) in [5, 5.41) is 0. The number of carbonyl (C=O) groups excluding carboxylic acids is 2. The Morgan fingerprint density at radius 1 is 1.24 bits per heavy atom. The van der Waals surface area contributed by atoms with Crippen LogP contribution < -0.4 is 11.5 Å². The molecule has 5 nitrogen and oxygen atoms in total. The van der Waals surface area contributed by atoms with Crippen molar-refractivity contribution in [1.82, 2.24) is 4.90 Å². The van der Waals surface area contributed by atoms with E-state index >= 15 is 0 Å². The molecule has 1 rings (SSSR count). The lowest BCUT2D eigenvalue weighted by Gasteiger charge is -2.31. The zero-order chi connectivity index (χ0) is 15.9. The Balaban J connectivity index is 2.85. The standard InChI is InChI=1S/C16H25N3O2/c1-3-10-16(2,18)15(21)19(11-9-14(17)20)12-13-7-5-4-6-8-13/h4-8H,3,9-12,18H2,1-2H3,(H2,17,20). The molecule has 1 aromatic carbocycles.